The molecule has 0 saturated carbocycles. The fourth-order valence-electron chi connectivity index (χ4n) is 3.68. The van der Waals surface area contributed by atoms with Crippen LogP contribution < -0.4 is 0 Å². The van der Waals surface area contributed by atoms with Crippen molar-refractivity contribution >= 4 is 47.8 Å². The van der Waals surface area contributed by atoms with Gasteiger partial charge in [0.05, 0.1) is 38.3 Å². The lowest BCUT2D eigenvalue weighted by atomic mass is 10.1. The van der Waals surface area contributed by atoms with Crippen LogP contribution in [0.3, 0.4) is 0 Å². The average molecular weight is 625 g/mol. The van der Waals surface area contributed by atoms with Gasteiger partial charge in [0.25, 0.3) is 0 Å². The highest BCUT2D eigenvalue weighted by Gasteiger charge is 2.39. The van der Waals surface area contributed by atoms with Gasteiger partial charge in [0.1, 0.15) is 38.6 Å². The molecule has 244 valence electrons. The van der Waals surface area contributed by atoms with Crippen molar-refractivity contribution in [3.05, 3.63) is 0 Å². The predicted molar refractivity (Wildman–Crippen MR) is 136 cm³/mol. The first-order valence-corrected chi connectivity index (χ1v) is 12.5. The number of ether oxygens (including phenoxy) is 5. The molecule has 0 aliphatic heterocycles. The Hall–Kier alpha value is -4.36. The van der Waals surface area contributed by atoms with Crippen molar-refractivity contribution in [1.29, 1.82) is 0 Å². The van der Waals surface area contributed by atoms with E-state index in [0.29, 0.717) is 0 Å². The Bertz CT molecular complexity index is 906. The monoisotopic (exact) mass is 624 g/mol. The van der Waals surface area contributed by atoms with Crippen molar-refractivity contribution in [2.75, 3.05) is 52.6 Å². The molecule has 0 radical (unpaired) electrons. The second-order valence-electron chi connectivity index (χ2n) is 8.94. The summed E-state index contributed by atoms with van der Waals surface area (Å²) in [6, 6.07) is -2.95. The summed E-state index contributed by atoms with van der Waals surface area (Å²) in [6.45, 7) is -2.59. The third-order valence-corrected chi connectivity index (χ3v) is 5.32. The summed E-state index contributed by atoms with van der Waals surface area (Å²) in [5.74, 6) is -9.46. The Morgan fingerprint density at radius 3 is 0.907 bits per heavy atom. The smallest absolute Gasteiger partial charge is 0.317 e. The van der Waals surface area contributed by atoms with E-state index in [-0.39, 0.29) is 0 Å². The highest BCUT2D eigenvalue weighted by Crippen LogP contribution is 2.19. The molecule has 0 aliphatic rings. The standard InChI is InChI=1S/C24H36N2O17/c1-13(27)39-9-17(25(5-21(31)32)6-22(33)34)19(11-41-15(3)29)43-20(12-42-16(4)30)18(10-40-14(2)28)26(7-23(35)36)8-24(37)38/h17-20H,5-12H2,1-4H3,(H,31,32)(H,33,34)(H,35,36)(H,37,38). The molecule has 19 heteroatoms. The molecule has 0 amide bonds. The van der Waals surface area contributed by atoms with Crippen molar-refractivity contribution in [2.24, 2.45) is 0 Å². The van der Waals surface area contributed by atoms with Crippen molar-refractivity contribution in [2.45, 2.75) is 52.0 Å². The maximum absolute atomic E-state index is 11.7. The van der Waals surface area contributed by atoms with E-state index in [0.717, 1.165) is 37.5 Å². The van der Waals surface area contributed by atoms with Crippen LogP contribution in [0.1, 0.15) is 27.7 Å². The van der Waals surface area contributed by atoms with Gasteiger partial charge in [-0.05, 0) is 0 Å². The summed E-state index contributed by atoms with van der Waals surface area (Å²) in [7, 11) is 0. The molecule has 0 aromatic heterocycles. The first-order valence-electron chi connectivity index (χ1n) is 12.5. The number of carboxylic acids is 4. The Kier molecular flexibility index (Phi) is 17.7. The molecule has 4 atom stereocenters. The molecule has 4 N–H and O–H groups in total. The van der Waals surface area contributed by atoms with E-state index in [4.69, 9.17) is 23.7 Å². The average Bonchev–Trinajstić information content (AvgIpc) is 2.83. The Balaban J connectivity index is 7.05. The second kappa shape index (κ2) is 19.7. The van der Waals surface area contributed by atoms with Gasteiger partial charge in [-0.2, -0.15) is 0 Å². The highest BCUT2D eigenvalue weighted by molar-refractivity contribution is 5.73. The lowest BCUT2D eigenvalue weighted by Gasteiger charge is -2.40. The lowest BCUT2D eigenvalue weighted by Crippen LogP contribution is -2.58. The number of carboxylic acid groups (broad SMARTS) is 4. The Morgan fingerprint density at radius 1 is 0.465 bits per heavy atom. The fraction of sp³-hybridized carbons (Fsp3) is 0.667. The van der Waals surface area contributed by atoms with Crippen LogP contribution in [-0.2, 0) is 62.0 Å². The summed E-state index contributed by atoms with van der Waals surface area (Å²) < 4.78 is 26.1. The number of esters is 4. The van der Waals surface area contributed by atoms with E-state index in [2.05, 4.69) is 0 Å². The summed E-state index contributed by atoms with van der Waals surface area (Å²) in [5, 5.41) is 37.6. The minimum atomic E-state index is -1.58. The maximum Gasteiger partial charge on any atom is 0.317 e. The third kappa shape index (κ3) is 17.9. The normalized spacial score (nSPS) is 13.7. The second-order valence-corrected chi connectivity index (χ2v) is 8.94. The first-order chi connectivity index (χ1) is 19.9. The van der Waals surface area contributed by atoms with Crippen LogP contribution in [0.15, 0.2) is 0 Å². The van der Waals surface area contributed by atoms with Gasteiger partial charge < -0.3 is 44.1 Å². The van der Waals surface area contributed by atoms with Crippen LogP contribution in [-0.4, -0.2) is 155 Å². The largest absolute Gasteiger partial charge is 0.480 e. The zero-order chi connectivity index (χ0) is 33.3. The van der Waals surface area contributed by atoms with Crippen LogP contribution in [0.5, 0.6) is 0 Å². The minimum absolute atomic E-state index is 0.704. The number of rotatable bonds is 22. The van der Waals surface area contributed by atoms with E-state index in [1.807, 2.05) is 0 Å². The number of hydrogen-bond donors (Lipinski definition) is 4. The molecule has 0 bridgehead atoms. The summed E-state index contributed by atoms with van der Waals surface area (Å²) in [6.07, 6.45) is -3.17. The number of aliphatic carboxylic acids is 4. The fourth-order valence-corrected chi connectivity index (χ4v) is 3.68. The van der Waals surface area contributed by atoms with Crippen molar-refractivity contribution in [3.63, 3.8) is 0 Å². The van der Waals surface area contributed by atoms with Gasteiger partial charge in [0.2, 0.25) is 0 Å². The van der Waals surface area contributed by atoms with Gasteiger partial charge in [-0.15, -0.1) is 0 Å². The molecule has 0 heterocycles. The number of carbonyl (C=O) groups is 8. The molecule has 0 saturated heterocycles. The molecular formula is C24H36N2O17. The van der Waals surface area contributed by atoms with E-state index in [1.54, 1.807) is 0 Å². The molecule has 0 rings (SSSR count). The van der Waals surface area contributed by atoms with Gasteiger partial charge in [-0.25, -0.2) is 0 Å². The van der Waals surface area contributed by atoms with Gasteiger partial charge >= 0.3 is 47.8 Å². The van der Waals surface area contributed by atoms with Gasteiger partial charge in [-0.3, -0.25) is 48.2 Å². The van der Waals surface area contributed by atoms with Gasteiger partial charge in [-0.1, -0.05) is 0 Å². The van der Waals surface area contributed by atoms with Crippen molar-refractivity contribution in [1.82, 2.24) is 9.80 Å². The lowest BCUT2D eigenvalue weighted by molar-refractivity contribution is -0.178. The van der Waals surface area contributed by atoms with Crippen molar-refractivity contribution in [3.8, 4) is 0 Å². The van der Waals surface area contributed by atoms with E-state index in [9.17, 15) is 58.8 Å². The summed E-state index contributed by atoms with van der Waals surface area (Å²) >= 11 is 0. The van der Waals surface area contributed by atoms with Crippen molar-refractivity contribution < 1.29 is 82.5 Å². The predicted octanol–water partition coefficient (Wildman–Crippen LogP) is -2.33. The molecule has 0 aliphatic carbocycles. The first kappa shape index (κ1) is 38.6. The van der Waals surface area contributed by atoms with E-state index in [1.165, 1.54) is 0 Å². The topological polar surface area (TPSA) is 270 Å². The minimum Gasteiger partial charge on any atom is -0.480 e. The van der Waals surface area contributed by atoms with Crippen LogP contribution >= 0.6 is 0 Å². The number of nitrogens with zero attached hydrogens (tertiary/aromatic N) is 2. The van der Waals surface area contributed by atoms with E-state index < -0.39 is 125 Å². The SMILES string of the molecule is CC(=O)OCC(OC(COC(C)=O)C(COC(C)=O)N(CC(=O)O)CC(=O)O)C(COC(C)=O)N(CC(=O)O)CC(=O)O. The Labute approximate surface area is 245 Å². The zero-order valence-corrected chi connectivity index (χ0v) is 24.0. The molecule has 0 aromatic carbocycles. The maximum atomic E-state index is 11.7. The van der Waals surface area contributed by atoms with Gasteiger partial charge in [0, 0.05) is 27.7 Å². The highest BCUT2D eigenvalue weighted by atomic mass is 16.6. The summed E-state index contributed by atoms with van der Waals surface area (Å²) in [5.41, 5.74) is 0. The molecule has 0 aromatic rings. The Morgan fingerprint density at radius 2 is 0.698 bits per heavy atom. The van der Waals surface area contributed by atoms with Crippen LogP contribution in [0.25, 0.3) is 0 Å². The molecule has 4 unspecified atom stereocenters. The molecule has 19 nitrogen and oxygen atoms in total. The third-order valence-electron chi connectivity index (χ3n) is 5.32. The zero-order valence-electron chi connectivity index (χ0n) is 24.0. The molecular weight excluding hydrogens is 588 g/mol. The number of carbonyl (C=O) groups excluding carboxylic acids is 4. The van der Waals surface area contributed by atoms with Crippen LogP contribution in [0.2, 0.25) is 0 Å². The van der Waals surface area contributed by atoms with E-state index >= 15 is 0 Å². The van der Waals surface area contributed by atoms with Gasteiger partial charge in [0.15, 0.2) is 0 Å². The molecule has 43 heavy (non-hydrogen) atoms. The summed E-state index contributed by atoms with van der Waals surface area (Å²) in [4.78, 5) is 94.6. The number of hydrogen-bond acceptors (Lipinski definition) is 15. The molecule has 0 spiro atoms. The molecule has 0 fully saturated rings. The van der Waals surface area contributed by atoms with Crippen LogP contribution in [0.4, 0.5) is 0 Å². The quantitative estimate of drug-likeness (QED) is 0.0726. The van der Waals surface area contributed by atoms with Crippen LogP contribution in [0, 0.1) is 0 Å².